The van der Waals surface area contributed by atoms with Gasteiger partial charge in [-0.15, -0.1) is 0 Å². The van der Waals surface area contributed by atoms with Gasteiger partial charge in [0.1, 0.15) is 11.5 Å². The molecular formula is C34H26CuN2O2. The van der Waals surface area contributed by atoms with Crippen LogP contribution in [0.3, 0.4) is 0 Å². The van der Waals surface area contributed by atoms with Gasteiger partial charge in [0, 0.05) is 40.6 Å². The van der Waals surface area contributed by atoms with E-state index in [1.54, 1.807) is 24.6 Å². The van der Waals surface area contributed by atoms with Crippen LogP contribution in [0.1, 0.15) is 11.1 Å². The van der Waals surface area contributed by atoms with Gasteiger partial charge in [-0.3, -0.25) is 9.98 Å². The van der Waals surface area contributed by atoms with E-state index in [4.69, 9.17) is 0 Å². The van der Waals surface area contributed by atoms with Gasteiger partial charge in [-0.1, -0.05) is 97.1 Å². The third kappa shape index (κ3) is 6.79. The number of aliphatic imine (C=N–C) groups is 2. The second kappa shape index (κ2) is 13.2. The third-order valence-corrected chi connectivity index (χ3v) is 6.09. The number of benzene rings is 6. The number of phenolic OH excluding ortho intramolecular Hbond substituents is 2. The number of aromatic hydroxyl groups is 2. The predicted molar refractivity (Wildman–Crippen MR) is 159 cm³/mol. The Morgan fingerprint density at radius 2 is 0.769 bits per heavy atom. The summed E-state index contributed by atoms with van der Waals surface area (Å²) in [6.45, 7) is 0. The summed E-state index contributed by atoms with van der Waals surface area (Å²) in [5.74, 6) is 0.497. The van der Waals surface area contributed by atoms with Gasteiger partial charge < -0.3 is 10.2 Å². The average Bonchev–Trinajstić information content (AvgIpc) is 2.97. The van der Waals surface area contributed by atoms with Gasteiger partial charge in [-0.05, 0) is 57.9 Å². The van der Waals surface area contributed by atoms with E-state index in [0.717, 1.165) is 44.0 Å². The van der Waals surface area contributed by atoms with E-state index < -0.39 is 0 Å². The molecule has 195 valence electrons. The molecule has 1 radical (unpaired) electrons. The fourth-order valence-corrected chi connectivity index (χ4v) is 4.15. The zero-order valence-electron chi connectivity index (χ0n) is 20.9. The molecule has 0 heterocycles. The first-order valence-electron chi connectivity index (χ1n) is 12.3. The van der Waals surface area contributed by atoms with E-state index in [2.05, 4.69) is 9.98 Å². The zero-order chi connectivity index (χ0) is 26.2. The first-order valence-corrected chi connectivity index (χ1v) is 12.3. The molecule has 0 saturated carbocycles. The van der Waals surface area contributed by atoms with Gasteiger partial charge in [0.25, 0.3) is 0 Å². The van der Waals surface area contributed by atoms with Crippen molar-refractivity contribution in [2.24, 2.45) is 9.98 Å². The Morgan fingerprint density at radius 1 is 0.410 bits per heavy atom. The second-order valence-electron chi connectivity index (χ2n) is 8.63. The number of rotatable bonds is 4. The van der Waals surface area contributed by atoms with E-state index >= 15 is 0 Å². The van der Waals surface area contributed by atoms with Crippen molar-refractivity contribution >= 4 is 45.3 Å². The predicted octanol–water partition coefficient (Wildman–Crippen LogP) is 8.59. The molecule has 6 aromatic rings. The van der Waals surface area contributed by atoms with Crippen LogP contribution in [-0.4, -0.2) is 22.6 Å². The molecule has 6 aromatic carbocycles. The van der Waals surface area contributed by atoms with Crippen molar-refractivity contribution in [3.05, 3.63) is 145 Å². The standard InChI is InChI=1S/2C17H13NO.Cu/c2*19-17-11-10-13-6-4-5-9-15(13)16(17)12-18-14-7-2-1-3-8-14;/h2*1-12,19H;. The Balaban J connectivity index is 0.000000176. The van der Waals surface area contributed by atoms with E-state index in [1.807, 2.05) is 121 Å². The minimum absolute atomic E-state index is 0. The summed E-state index contributed by atoms with van der Waals surface area (Å²) in [5.41, 5.74) is 3.24. The summed E-state index contributed by atoms with van der Waals surface area (Å²) < 4.78 is 0. The molecule has 5 heteroatoms. The number of nitrogens with zero attached hydrogens (tertiary/aromatic N) is 2. The SMILES string of the molecule is Oc1ccc2ccccc2c1C=Nc1ccccc1.Oc1ccc2ccccc2c1C=Nc1ccccc1.[Cu]. The van der Waals surface area contributed by atoms with Crippen LogP contribution in [0.15, 0.2) is 143 Å². The van der Waals surface area contributed by atoms with Crippen LogP contribution in [-0.2, 0) is 17.1 Å². The molecule has 2 N–H and O–H groups in total. The van der Waals surface area contributed by atoms with Gasteiger partial charge in [0.2, 0.25) is 0 Å². The van der Waals surface area contributed by atoms with Crippen molar-refractivity contribution in [2.45, 2.75) is 0 Å². The van der Waals surface area contributed by atoms with E-state index in [1.165, 1.54) is 0 Å². The van der Waals surface area contributed by atoms with Crippen molar-refractivity contribution in [2.75, 3.05) is 0 Å². The Bertz CT molecular complexity index is 1600. The zero-order valence-corrected chi connectivity index (χ0v) is 21.9. The molecule has 0 aliphatic rings. The fourth-order valence-electron chi connectivity index (χ4n) is 4.15. The third-order valence-electron chi connectivity index (χ3n) is 6.09. The molecule has 6 rings (SSSR count). The smallest absolute Gasteiger partial charge is 0.124 e. The molecule has 0 bridgehead atoms. The number of hydrogen-bond acceptors (Lipinski definition) is 4. The molecule has 0 aromatic heterocycles. The van der Waals surface area contributed by atoms with Crippen LogP contribution < -0.4 is 0 Å². The maximum atomic E-state index is 10.00. The molecule has 0 unspecified atom stereocenters. The van der Waals surface area contributed by atoms with Crippen molar-refractivity contribution in [3.63, 3.8) is 0 Å². The van der Waals surface area contributed by atoms with Gasteiger partial charge in [-0.2, -0.15) is 0 Å². The van der Waals surface area contributed by atoms with Gasteiger partial charge >= 0.3 is 0 Å². The van der Waals surface area contributed by atoms with E-state index in [9.17, 15) is 10.2 Å². The quantitative estimate of drug-likeness (QED) is 0.168. The van der Waals surface area contributed by atoms with Crippen LogP contribution in [0, 0.1) is 0 Å². The Kier molecular flexibility index (Phi) is 9.25. The topological polar surface area (TPSA) is 65.2 Å². The maximum Gasteiger partial charge on any atom is 0.124 e. The van der Waals surface area contributed by atoms with Crippen LogP contribution in [0.25, 0.3) is 21.5 Å². The van der Waals surface area contributed by atoms with Crippen molar-refractivity contribution in [1.29, 1.82) is 0 Å². The summed E-state index contributed by atoms with van der Waals surface area (Å²) in [4.78, 5) is 8.80. The second-order valence-corrected chi connectivity index (χ2v) is 8.63. The van der Waals surface area contributed by atoms with Crippen LogP contribution in [0.4, 0.5) is 11.4 Å². The molecule has 39 heavy (non-hydrogen) atoms. The van der Waals surface area contributed by atoms with E-state index in [0.29, 0.717) is 0 Å². The molecule has 0 fully saturated rings. The Morgan fingerprint density at radius 3 is 1.18 bits per heavy atom. The maximum absolute atomic E-state index is 10.00. The molecule has 0 aliphatic heterocycles. The Labute approximate surface area is 238 Å². The number of hydrogen-bond donors (Lipinski definition) is 2. The molecular weight excluding hydrogens is 532 g/mol. The summed E-state index contributed by atoms with van der Waals surface area (Å²) >= 11 is 0. The molecule has 0 aliphatic carbocycles. The van der Waals surface area contributed by atoms with Gasteiger partial charge in [0.05, 0.1) is 11.4 Å². The molecule has 0 amide bonds. The van der Waals surface area contributed by atoms with Gasteiger partial charge in [-0.25, -0.2) is 0 Å². The van der Waals surface area contributed by atoms with Gasteiger partial charge in [0.15, 0.2) is 0 Å². The summed E-state index contributed by atoms with van der Waals surface area (Å²) in [6, 6.07) is 42.5. The van der Waals surface area contributed by atoms with Crippen LogP contribution in [0.2, 0.25) is 0 Å². The minimum Gasteiger partial charge on any atom is -0.507 e. The molecule has 0 spiro atoms. The largest absolute Gasteiger partial charge is 0.507 e. The van der Waals surface area contributed by atoms with Crippen molar-refractivity contribution in [1.82, 2.24) is 0 Å². The summed E-state index contributed by atoms with van der Waals surface area (Å²) in [5, 5.41) is 24.2. The summed E-state index contributed by atoms with van der Waals surface area (Å²) in [7, 11) is 0. The number of fused-ring (bicyclic) bond motifs is 2. The number of phenols is 2. The molecule has 4 nitrogen and oxygen atoms in total. The number of para-hydroxylation sites is 2. The molecule has 0 atom stereocenters. The minimum atomic E-state index is 0. The first-order chi connectivity index (χ1) is 18.7. The Hall–Kier alpha value is -4.70. The fraction of sp³-hybridized carbons (Fsp3) is 0. The van der Waals surface area contributed by atoms with Crippen LogP contribution >= 0.6 is 0 Å². The van der Waals surface area contributed by atoms with Crippen molar-refractivity contribution in [3.8, 4) is 11.5 Å². The first kappa shape index (κ1) is 27.3. The molecule has 0 saturated heterocycles. The van der Waals surface area contributed by atoms with Crippen LogP contribution in [0.5, 0.6) is 11.5 Å². The monoisotopic (exact) mass is 557 g/mol. The van der Waals surface area contributed by atoms with Crippen molar-refractivity contribution < 1.29 is 27.3 Å². The average molecular weight is 558 g/mol. The van der Waals surface area contributed by atoms with E-state index in [-0.39, 0.29) is 28.6 Å². The summed E-state index contributed by atoms with van der Waals surface area (Å²) in [6.07, 6.45) is 3.43. The normalized spacial score (nSPS) is 10.9.